The van der Waals surface area contributed by atoms with Crippen LogP contribution in [0.2, 0.25) is 0 Å². The monoisotopic (exact) mass is 388 g/mol. The summed E-state index contributed by atoms with van der Waals surface area (Å²) in [7, 11) is 1.51. The molecule has 1 aromatic carbocycles. The Hall–Kier alpha value is -1.44. The van der Waals surface area contributed by atoms with Gasteiger partial charge in [-0.1, -0.05) is 6.07 Å². The van der Waals surface area contributed by atoms with Gasteiger partial charge in [0.05, 0.1) is 10.6 Å². The minimum atomic E-state index is -3.84. The maximum absolute atomic E-state index is 12.0. The summed E-state index contributed by atoms with van der Waals surface area (Å²) < 4.78 is 23.2. The Balaban J connectivity index is 2.34. The van der Waals surface area contributed by atoms with E-state index in [0.29, 0.717) is 15.7 Å². The Morgan fingerprint density at radius 3 is 2.62 bits per heavy atom. The summed E-state index contributed by atoms with van der Waals surface area (Å²) in [5, 5.41) is 2.66. The molecular formula is C13H10BrClN2O3S. The zero-order valence-electron chi connectivity index (χ0n) is 10.8. The molecule has 1 aromatic heterocycles. The molecule has 1 amide bonds. The third kappa shape index (κ3) is 3.81. The first-order valence-corrected chi connectivity index (χ1v) is 8.86. The summed E-state index contributed by atoms with van der Waals surface area (Å²) in [4.78, 5) is 16.0. The van der Waals surface area contributed by atoms with E-state index < -0.39 is 15.0 Å². The maximum atomic E-state index is 12.0. The normalized spacial score (nSPS) is 11.2. The molecule has 8 heteroatoms. The molecule has 0 radical (unpaired) electrons. The van der Waals surface area contributed by atoms with Gasteiger partial charge in [0, 0.05) is 21.4 Å². The highest BCUT2D eigenvalue weighted by atomic mass is 79.9. The second-order valence-corrected chi connectivity index (χ2v) is 7.59. The van der Waals surface area contributed by atoms with E-state index in [9.17, 15) is 13.2 Å². The Labute approximate surface area is 134 Å². The van der Waals surface area contributed by atoms with Crippen LogP contribution in [0.15, 0.2) is 45.9 Å². The lowest BCUT2D eigenvalue weighted by Crippen LogP contribution is -2.14. The Bertz CT molecular complexity index is 795. The van der Waals surface area contributed by atoms with Crippen LogP contribution in [0.5, 0.6) is 0 Å². The largest absolute Gasteiger partial charge is 0.320 e. The third-order valence-electron chi connectivity index (χ3n) is 2.67. The molecule has 2 aromatic rings. The van der Waals surface area contributed by atoms with Crippen molar-refractivity contribution in [3.05, 3.63) is 52.3 Å². The molecule has 1 heterocycles. The van der Waals surface area contributed by atoms with Gasteiger partial charge in [0.15, 0.2) is 0 Å². The summed E-state index contributed by atoms with van der Waals surface area (Å²) in [6.07, 6.45) is 1.51. The van der Waals surface area contributed by atoms with Gasteiger partial charge in [-0.2, -0.15) is 0 Å². The molecule has 0 bridgehead atoms. The fourth-order valence-electron chi connectivity index (χ4n) is 1.71. The molecule has 0 aliphatic rings. The molecule has 0 saturated heterocycles. The van der Waals surface area contributed by atoms with Gasteiger partial charge in [0.1, 0.15) is 5.69 Å². The van der Waals surface area contributed by atoms with Gasteiger partial charge in [-0.15, -0.1) is 0 Å². The van der Waals surface area contributed by atoms with E-state index in [2.05, 4.69) is 26.2 Å². The van der Waals surface area contributed by atoms with E-state index in [-0.39, 0.29) is 10.6 Å². The number of nitrogens with one attached hydrogen (secondary N) is 1. The molecule has 5 nitrogen and oxygen atoms in total. The van der Waals surface area contributed by atoms with Crippen LogP contribution in [0.1, 0.15) is 16.1 Å². The van der Waals surface area contributed by atoms with Gasteiger partial charge in [0.2, 0.25) is 0 Å². The molecule has 0 atom stereocenters. The van der Waals surface area contributed by atoms with E-state index in [1.54, 1.807) is 25.1 Å². The predicted octanol–water partition coefficient (Wildman–Crippen LogP) is 3.33. The van der Waals surface area contributed by atoms with Crippen molar-refractivity contribution in [2.75, 3.05) is 5.32 Å². The van der Waals surface area contributed by atoms with Crippen LogP contribution in [0, 0.1) is 6.92 Å². The van der Waals surface area contributed by atoms with E-state index in [1.165, 1.54) is 18.3 Å². The van der Waals surface area contributed by atoms with Crippen LogP contribution >= 0.6 is 26.6 Å². The molecule has 1 N–H and O–H groups in total. The van der Waals surface area contributed by atoms with Crippen LogP contribution < -0.4 is 5.32 Å². The van der Waals surface area contributed by atoms with Crippen molar-refractivity contribution in [2.24, 2.45) is 0 Å². The number of nitrogens with zero attached hydrogens (tertiary/aromatic N) is 1. The van der Waals surface area contributed by atoms with Gasteiger partial charge in [-0.05, 0) is 52.7 Å². The maximum Gasteiger partial charge on any atom is 0.274 e. The molecule has 2 rings (SSSR count). The van der Waals surface area contributed by atoms with Crippen molar-refractivity contribution in [1.29, 1.82) is 0 Å². The fourth-order valence-corrected chi connectivity index (χ4v) is 3.50. The Morgan fingerprint density at radius 2 is 2.05 bits per heavy atom. The lowest BCUT2D eigenvalue weighted by Gasteiger charge is -2.10. The number of carbonyl (C=O) groups excluding carboxylic acids is 1. The number of benzene rings is 1. The summed E-state index contributed by atoms with van der Waals surface area (Å²) in [5.41, 5.74) is 1.13. The molecule has 110 valence electrons. The van der Waals surface area contributed by atoms with Crippen LogP contribution in [-0.4, -0.2) is 19.3 Å². The van der Waals surface area contributed by atoms with E-state index >= 15 is 0 Å². The molecule has 0 saturated carbocycles. The van der Waals surface area contributed by atoms with Crippen LogP contribution in [0.25, 0.3) is 0 Å². The number of hydrogen-bond donors (Lipinski definition) is 1. The number of amides is 1. The fraction of sp³-hybridized carbons (Fsp3) is 0.0769. The number of carbonyl (C=O) groups is 1. The third-order valence-corrected chi connectivity index (χ3v) is 4.79. The molecule has 21 heavy (non-hydrogen) atoms. The minimum absolute atomic E-state index is 0.00752. The number of aromatic nitrogens is 1. The van der Waals surface area contributed by atoms with Gasteiger partial charge in [-0.3, -0.25) is 9.78 Å². The average Bonchev–Trinajstić information content (AvgIpc) is 2.42. The number of hydrogen-bond acceptors (Lipinski definition) is 4. The first-order valence-electron chi connectivity index (χ1n) is 5.76. The Kier molecular flexibility index (Phi) is 4.65. The smallest absolute Gasteiger partial charge is 0.274 e. The van der Waals surface area contributed by atoms with Gasteiger partial charge >= 0.3 is 0 Å². The van der Waals surface area contributed by atoms with Crippen molar-refractivity contribution in [2.45, 2.75) is 11.8 Å². The van der Waals surface area contributed by atoms with E-state index in [4.69, 9.17) is 10.7 Å². The van der Waals surface area contributed by atoms with Gasteiger partial charge < -0.3 is 5.32 Å². The second kappa shape index (κ2) is 6.13. The summed E-state index contributed by atoms with van der Waals surface area (Å²) >= 11 is 3.22. The Morgan fingerprint density at radius 1 is 1.33 bits per heavy atom. The number of aryl methyl sites for hydroxylation is 1. The highest BCUT2D eigenvalue weighted by Gasteiger charge is 2.17. The molecule has 0 spiro atoms. The zero-order chi connectivity index (χ0) is 15.6. The number of pyridine rings is 1. The van der Waals surface area contributed by atoms with Crippen LogP contribution in [0.4, 0.5) is 5.69 Å². The van der Waals surface area contributed by atoms with Crippen LogP contribution in [0.3, 0.4) is 0 Å². The molecule has 0 unspecified atom stereocenters. The quantitative estimate of drug-likeness (QED) is 0.817. The SMILES string of the molecule is Cc1cc(NC(=O)c2ccccn2)c(Br)cc1S(=O)(=O)Cl. The van der Waals surface area contributed by atoms with Crippen molar-refractivity contribution in [3.63, 3.8) is 0 Å². The molecule has 0 aliphatic carbocycles. The van der Waals surface area contributed by atoms with Gasteiger partial charge in [0.25, 0.3) is 15.0 Å². The summed E-state index contributed by atoms with van der Waals surface area (Å²) in [5.74, 6) is -0.391. The van der Waals surface area contributed by atoms with Gasteiger partial charge in [-0.25, -0.2) is 8.42 Å². The number of rotatable bonds is 3. The lowest BCUT2D eigenvalue weighted by atomic mass is 10.2. The molecular weight excluding hydrogens is 380 g/mol. The van der Waals surface area contributed by atoms with E-state index in [0.717, 1.165) is 0 Å². The average molecular weight is 390 g/mol. The van der Waals surface area contributed by atoms with Crippen molar-refractivity contribution < 1.29 is 13.2 Å². The lowest BCUT2D eigenvalue weighted by molar-refractivity contribution is 0.102. The summed E-state index contributed by atoms with van der Waals surface area (Å²) in [6, 6.07) is 7.86. The van der Waals surface area contributed by atoms with Crippen molar-refractivity contribution >= 4 is 47.3 Å². The first-order chi connectivity index (χ1) is 9.79. The highest BCUT2D eigenvalue weighted by Crippen LogP contribution is 2.30. The number of halogens is 2. The zero-order valence-corrected chi connectivity index (χ0v) is 14.0. The van der Waals surface area contributed by atoms with Crippen molar-refractivity contribution in [3.8, 4) is 0 Å². The standard InChI is InChI=1S/C13H10BrClN2O3S/c1-8-6-11(9(14)7-12(8)21(15,19)20)17-13(18)10-4-2-3-5-16-10/h2-7H,1H3,(H,17,18). The highest BCUT2D eigenvalue weighted by molar-refractivity contribution is 9.10. The van der Waals surface area contributed by atoms with Crippen LogP contribution in [-0.2, 0) is 9.05 Å². The molecule has 0 fully saturated rings. The summed E-state index contributed by atoms with van der Waals surface area (Å²) in [6.45, 7) is 1.60. The predicted molar refractivity (Wildman–Crippen MR) is 84.1 cm³/mol. The second-order valence-electron chi connectivity index (χ2n) is 4.20. The van der Waals surface area contributed by atoms with E-state index in [1.807, 2.05) is 0 Å². The first kappa shape index (κ1) is 15.9. The molecule has 0 aliphatic heterocycles. The minimum Gasteiger partial charge on any atom is -0.320 e. The van der Waals surface area contributed by atoms with Crippen molar-refractivity contribution in [1.82, 2.24) is 4.98 Å². The topological polar surface area (TPSA) is 76.1 Å². The number of anilines is 1.